The predicted octanol–water partition coefficient (Wildman–Crippen LogP) is 2.07. The summed E-state index contributed by atoms with van der Waals surface area (Å²) >= 11 is 0. The molecule has 3 rings (SSSR count). The zero-order valence-electron chi connectivity index (χ0n) is 15.4. The van der Waals surface area contributed by atoms with Gasteiger partial charge < -0.3 is 14.6 Å². The Bertz CT molecular complexity index is 765. The molecule has 1 aliphatic rings. The predicted molar refractivity (Wildman–Crippen MR) is 101 cm³/mol. The highest BCUT2D eigenvalue weighted by Gasteiger charge is 2.23. The quantitative estimate of drug-likeness (QED) is 0.818. The number of rotatable bonds is 7. The molecule has 6 heteroatoms. The van der Waals surface area contributed by atoms with E-state index in [0.29, 0.717) is 13.2 Å². The summed E-state index contributed by atoms with van der Waals surface area (Å²) in [6, 6.07) is 12.5. The Labute approximate surface area is 153 Å². The molecule has 1 heterocycles. The van der Waals surface area contributed by atoms with Crippen LogP contribution in [0.3, 0.4) is 0 Å². The summed E-state index contributed by atoms with van der Waals surface area (Å²) in [6.07, 6.45) is 0.0135. The summed E-state index contributed by atoms with van der Waals surface area (Å²) in [6.45, 7) is 3.71. The maximum atomic E-state index is 10.8. The van der Waals surface area contributed by atoms with Crippen molar-refractivity contribution in [1.29, 1.82) is 0 Å². The zero-order valence-corrected chi connectivity index (χ0v) is 15.4. The van der Waals surface area contributed by atoms with E-state index in [9.17, 15) is 4.79 Å². The number of aliphatic carboxylic acids is 1. The minimum Gasteiger partial charge on any atom is -0.496 e. The number of hydrogen-bond donors (Lipinski definition) is 1. The van der Waals surface area contributed by atoms with Gasteiger partial charge in [-0.25, -0.2) is 0 Å². The molecule has 0 spiro atoms. The third-order valence-electron chi connectivity index (χ3n) is 4.69. The third-order valence-corrected chi connectivity index (χ3v) is 4.69. The molecule has 1 N–H and O–H groups in total. The van der Waals surface area contributed by atoms with Gasteiger partial charge in [-0.2, -0.15) is 0 Å². The molecular formula is C20H26N2O4. The van der Waals surface area contributed by atoms with E-state index in [-0.39, 0.29) is 12.6 Å². The van der Waals surface area contributed by atoms with Crippen molar-refractivity contribution in [3.8, 4) is 5.75 Å². The van der Waals surface area contributed by atoms with Gasteiger partial charge in [0.1, 0.15) is 5.75 Å². The molecule has 1 saturated heterocycles. The summed E-state index contributed by atoms with van der Waals surface area (Å²) in [5, 5.41) is 11.3. The number of likely N-dealkylation sites (N-methyl/N-ethyl adjacent to an activating group) is 1. The van der Waals surface area contributed by atoms with Crippen LogP contribution >= 0.6 is 0 Å². The highest BCUT2D eigenvalue weighted by Crippen LogP contribution is 2.27. The second kappa shape index (κ2) is 8.49. The lowest BCUT2D eigenvalue weighted by Gasteiger charge is -2.34. The Kier molecular flexibility index (Phi) is 6.08. The zero-order chi connectivity index (χ0) is 18.5. The fourth-order valence-corrected chi connectivity index (χ4v) is 3.50. The number of methoxy groups -OCH3 is 1. The number of nitrogens with zero attached hydrogens (tertiary/aromatic N) is 2. The molecule has 1 unspecified atom stereocenters. The fraction of sp³-hybridized carbons (Fsp3) is 0.450. The van der Waals surface area contributed by atoms with Crippen molar-refractivity contribution in [3.63, 3.8) is 0 Å². The molecule has 26 heavy (non-hydrogen) atoms. The molecule has 2 aromatic rings. The molecule has 0 saturated carbocycles. The van der Waals surface area contributed by atoms with Crippen LogP contribution in [0.25, 0.3) is 10.8 Å². The van der Waals surface area contributed by atoms with Crippen LogP contribution in [0.1, 0.15) is 5.56 Å². The Morgan fingerprint density at radius 3 is 2.77 bits per heavy atom. The van der Waals surface area contributed by atoms with Gasteiger partial charge in [-0.3, -0.25) is 14.6 Å². The van der Waals surface area contributed by atoms with E-state index in [1.54, 1.807) is 12.0 Å². The summed E-state index contributed by atoms with van der Waals surface area (Å²) in [5.74, 6) is 0.0794. The minimum absolute atomic E-state index is 0.0135. The summed E-state index contributed by atoms with van der Waals surface area (Å²) < 4.78 is 11.4. The van der Waals surface area contributed by atoms with Crippen molar-refractivity contribution in [2.45, 2.75) is 12.6 Å². The van der Waals surface area contributed by atoms with E-state index in [2.05, 4.69) is 29.2 Å². The van der Waals surface area contributed by atoms with Gasteiger partial charge in [-0.05, 0) is 30.0 Å². The topological polar surface area (TPSA) is 62.2 Å². The molecule has 2 aromatic carbocycles. The number of carboxylic acids is 1. The molecule has 0 radical (unpaired) electrons. The number of carbonyl (C=O) groups is 1. The van der Waals surface area contributed by atoms with E-state index in [4.69, 9.17) is 14.6 Å². The van der Waals surface area contributed by atoms with Crippen molar-refractivity contribution in [2.75, 3.05) is 46.9 Å². The van der Waals surface area contributed by atoms with Crippen molar-refractivity contribution in [3.05, 3.63) is 42.0 Å². The van der Waals surface area contributed by atoms with Crippen LogP contribution in [0, 0.1) is 0 Å². The molecule has 1 fully saturated rings. The highest BCUT2D eigenvalue weighted by atomic mass is 16.5. The molecule has 0 bridgehead atoms. The molecule has 0 amide bonds. The number of hydrogen-bond acceptors (Lipinski definition) is 5. The monoisotopic (exact) mass is 358 g/mol. The van der Waals surface area contributed by atoms with Crippen LogP contribution in [0.15, 0.2) is 36.4 Å². The van der Waals surface area contributed by atoms with Gasteiger partial charge in [-0.15, -0.1) is 0 Å². The van der Waals surface area contributed by atoms with Gasteiger partial charge in [0.2, 0.25) is 0 Å². The van der Waals surface area contributed by atoms with Gasteiger partial charge in [0, 0.05) is 31.7 Å². The van der Waals surface area contributed by atoms with Crippen molar-refractivity contribution >= 4 is 16.7 Å². The van der Waals surface area contributed by atoms with Crippen LogP contribution < -0.4 is 4.74 Å². The molecule has 1 atom stereocenters. The highest BCUT2D eigenvalue weighted by molar-refractivity contribution is 5.85. The molecule has 0 aliphatic carbocycles. The SMILES string of the molecule is COc1cc2ccccc2cc1CN1CCOC(CN(C)CC(=O)O)C1. The van der Waals surface area contributed by atoms with Gasteiger partial charge in [0.25, 0.3) is 0 Å². The van der Waals surface area contributed by atoms with Crippen LogP contribution in [0.4, 0.5) is 0 Å². The smallest absolute Gasteiger partial charge is 0.317 e. The van der Waals surface area contributed by atoms with Crippen LogP contribution in [-0.2, 0) is 16.1 Å². The van der Waals surface area contributed by atoms with Gasteiger partial charge >= 0.3 is 5.97 Å². The van der Waals surface area contributed by atoms with Crippen LogP contribution in [0.5, 0.6) is 5.75 Å². The Morgan fingerprint density at radius 1 is 1.35 bits per heavy atom. The van der Waals surface area contributed by atoms with E-state index in [1.165, 1.54) is 10.8 Å². The second-order valence-electron chi connectivity index (χ2n) is 6.83. The first kappa shape index (κ1) is 18.6. The summed E-state index contributed by atoms with van der Waals surface area (Å²) in [4.78, 5) is 15.0. The van der Waals surface area contributed by atoms with Crippen molar-refractivity contribution in [1.82, 2.24) is 9.80 Å². The van der Waals surface area contributed by atoms with E-state index < -0.39 is 5.97 Å². The van der Waals surface area contributed by atoms with Crippen LogP contribution in [-0.4, -0.2) is 73.9 Å². The normalized spacial score (nSPS) is 18.3. The minimum atomic E-state index is -0.818. The van der Waals surface area contributed by atoms with Gasteiger partial charge in [0.15, 0.2) is 0 Å². The summed E-state index contributed by atoms with van der Waals surface area (Å²) in [5.41, 5.74) is 1.16. The molecule has 6 nitrogen and oxygen atoms in total. The number of benzene rings is 2. The standard InChI is InChI=1S/C20H26N2O4/c1-21(14-20(23)24)12-18-13-22(7-8-26-18)11-17-9-15-5-3-4-6-16(15)10-19(17)25-2/h3-6,9-10,18H,7-8,11-14H2,1-2H3,(H,23,24). The largest absolute Gasteiger partial charge is 0.496 e. The van der Waals surface area contributed by atoms with E-state index >= 15 is 0 Å². The maximum absolute atomic E-state index is 10.8. The molecule has 140 valence electrons. The molecule has 0 aromatic heterocycles. The summed E-state index contributed by atoms with van der Waals surface area (Å²) in [7, 11) is 3.51. The number of fused-ring (bicyclic) bond motifs is 1. The lowest BCUT2D eigenvalue weighted by Crippen LogP contribution is -2.47. The third kappa shape index (κ3) is 4.72. The number of ether oxygens (including phenoxy) is 2. The van der Waals surface area contributed by atoms with Gasteiger partial charge in [-0.1, -0.05) is 24.3 Å². The van der Waals surface area contributed by atoms with E-state index in [0.717, 1.165) is 30.9 Å². The average Bonchev–Trinajstić information content (AvgIpc) is 2.60. The second-order valence-corrected chi connectivity index (χ2v) is 6.83. The first-order valence-electron chi connectivity index (χ1n) is 8.85. The Balaban J connectivity index is 1.68. The molecule has 1 aliphatic heterocycles. The van der Waals surface area contributed by atoms with E-state index in [1.807, 2.05) is 19.2 Å². The van der Waals surface area contributed by atoms with Gasteiger partial charge in [0.05, 0.1) is 26.4 Å². The first-order chi connectivity index (χ1) is 12.5. The Morgan fingerprint density at radius 2 is 2.08 bits per heavy atom. The fourth-order valence-electron chi connectivity index (χ4n) is 3.50. The first-order valence-corrected chi connectivity index (χ1v) is 8.85. The lowest BCUT2D eigenvalue weighted by molar-refractivity contribution is -0.138. The lowest BCUT2D eigenvalue weighted by atomic mass is 10.0. The van der Waals surface area contributed by atoms with Crippen molar-refractivity contribution in [2.24, 2.45) is 0 Å². The maximum Gasteiger partial charge on any atom is 0.317 e. The Hall–Kier alpha value is -2.15. The van der Waals surface area contributed by atoms with Crippen LogP contribution in [0.2, 0.25) is 0 Å². The number of morpholine rings is 1. The number of carboxylic acid groups (broad SMARTS) is 1. The average molecular weight is 358 g/mol. The van der Waals surface area contributed by atoms with Crippen molar-refractivity contribution < 1.29 is 19.4 Å². The molecular weight excluding hydrogens is 332 g/mol.